The van der Waals surface area contributed by atoms with Gasteiger partial charge in [0.05, 0.1) is 0 Å². The number of nitrogens with zero attached hydrogens (tertiary/aromatic N) is 2. The molecular weight excluding hydrogens is 330 g/mol. The number of anilines is 1. The van der Waals surface area contributed by atoms with Crippen LogP contribution in [0.4, 0.5) is 5.69 Å². The van der Waals surface area contributed by atoms with Gasteiger partial charge in [-0.15, -0.1) is 0 Å². The summed E-state index contributed by atoms with van der Waals surface area (Å²) in [7, 11) is 2.21. The van der Waals surface area contributed by atoms with Gasteiger partial charge in [0, 0.05) is 34.9 Å². The van der Waals surface area contributed by atoms with Crippen molar-refractivity contribution in [2.45, 2.75) is 25.3 Å². The van der Waals surface area contributed by atoms with Gasteiger partial charge in [0.1, 0.15) is 0 Å². The number of hydrogen-bond donors (Lipinski definition) is 1. The van der Waals surface area contributed by atoms with Crippen LogP contribution in [0.15, 0.2) is 22.7 Å². The van der Waals surface area contributed by atoms with Crippen molar-refractivity contribution in [1.29, 1.82) is 0 Å². The molecule has 0 saturated carbocycles. The molecule has 4 nitrogen and oxygen atoms in total. The van der Waals surface area contributed by atoms with Gasteiger partial charge >= 0.3 is 0 Å². The molecule has 2 heterocycles. The van der Waals surface area contributed by atoms with Gasteiger partial charge in [-0.2, -0.15) is 0 Å². The number of nitrogens with two attached hydrogens (primary N) is 1. The van der Waals surface area contributed by atoms with Crippen LogP contribution in [0.3, 0.4) is 0 Å². The molecule has 0 aliphatic carbocycles. The van der Waals surface area contributed by atoms with Crippen LogP contribution in [0.2, 0.25) is 0 Å². The van der Waals surface area contributed by atoms with E-state index in [-0.39, 0.29) is 5.91 Å². The SMILES string of the molecule is CN1CCCC2CN(C(=O)c3ccc(N)c(Br)c3)CCC21. The van der Waals surface area contributed by atoms with E-state index < -0.39 is 0 Å². The summed E-state index contributed by atoms with van der Waals surface area (Å²) in [6, 6.07) is 6.09. The highest BCUT2D eigenvalue weighted by molar-refractivity contribution is 9.10. The van der Waals surface area contributed by atoms with Crippen LogP contribution in [0.5, 0.6) is 0 Å². The van der Waals surface area contributed by atoms with Gasteiger partial charge in [-0.25, -0.2) is 0 Å². The number of carbonyl (C=O) groups excluding carboxylic acids is 1. The summed E-state index contributed by atoms with van der Waals surface area (Å²) in [5.41, 5.74) is 7.18. The summed E-state index contributed by atoms with van der Waals surface area (Å²) in [5, 5.41) is 0. The molecule has 114 valence electrons. The van der Waals surface area contributed by atoms with Crippen LogP contribution in [0.25, 0.3) is 0 Å². The molecule has 3 rings (SSSR count). The topological polar surface area (TPSA) is 49.6 Å². The molecule has 1 aromatic carbocycles. The van der Waals surface area contributed by atoms with Crippen LogP contribution >= 0.6 is 15.9 Å². The molecule has 2 aliphatic rings. The number of amides is 1. The number of fused-ring (bicyclic) bond motifs is 1. The smallest absolute Gasteiger partial charge is 0.253 e. The highest BCUT2D eigenvalue weighted by Gasteiger charge is 2.35. The fourth-order valence-electron chi connectivity index (χ4n) is 3.68. The largest absolute Gasteiger partial charge is 0.398 e. The molecule has 0 radical (unpaired) electrons. The maximum Gasteiger partial charge on any atom is 0.253 e. The fraction of sp³-hybridized carbons (Fsp3) is 0.562. The average Bonchev–Trinajstić information content (AvgIpc) is 2.49. The molecule has 0 bridgehead atoms. The van der Waals surface area contributed by atoms with Crippen molar-refractivity contribution < 1.29 is 4.79 Å². The molecule has 2 N–H and O–H groups in total. The van der Waals surface area contributed by atoms with Gasteiger partial charge in [0.25, 0.3) is 5.91 Å². The van der Waals surface area contributed by atoms with Crippen molar-refractivity contribution in [3.63, 3.8) is 0 Å². The van der Waals surface area contributed by atoms with E-state index in [2.05, 4.69) is 27.9 Å². The van der Waals surface area contributed by atoms with E-state index in [0.29, 0.717) is 17.6 Å². The lowest BCUT2D eigenvalue weighted by Crippen LogP contribution is -2.53. The minimum absolute atomic E-state index is 0.127. The summed E-state index contributed by atoms with van der Waals surface area (Å²) >= 11 is 3.40. The molecular formula is C16H22BrN3O. The predicted octanol–water partition coefficient (Wildman–Crippen LogP) is 2.59. The zero-order valence-electron chi connectivity index (χ0n) is 12.4. The van der Waals surface area contributed by atoms with Gasteiger partial charge in [-0.05, 0) is 72.9 Å². The van der Waals surface area contributed by atoms with Crippen LogP contribution in [0.1, 0.15) is 29.6 Å². The Kier molecular flexibility index (Phi) is 4.22. The van der Waals surface area contributed by atoms with Gasteiger partial charge in [-0.3, -0.25) is 4.79 Å². The van der Waals surface area contributed by atoms with Crippen molar-refractivity contribution in [2.24, 2.45) is 5.92 Å². The second-order valence-electron chi connectivity index (χ2n) is 6.23. The molecule has 21 heavy (non-hydrogen) atoms. The Morgan fingerprint density at radius 3 is 2.90 bits per heavy atom. The molecule has 2 saturated heterocycles. The second kappa shape index (κ2) is 5.97. The number of likely N-dealkylation sites (tertiary alicyclic amines) is 2. The standard InChI is InChI=1S/C16H22BrN3O/c1-19-7-2-3-12-10-20(8-6-15(12)19)16(21)11-4-5-14(18)13(17)9-11/h4-5,9,12,15H,2-3,6-8,10,18H2,1H3. The Morgan fingerprint density at radius 2 is 2.14 bits per heavy atom. The van der Waals surface area contributed by atoms with Crippen molar-refractivity contribution in [3.8, 4) is 0 Å². The summed E-state index contributed by atoms with van der Waals surface area (Å²) in [5.74, 6) is 0.751. The normalized spacial score (nSPS) is 26.5. The lowest BCUT2D eigenvalue weighted by molar-refractivity contribution is 0.0317. The van der Waals surface area contributed by atoms with Crippen molar-refractivity contribution in [1.82, 2.24) is 9.80 Å². The second-order valence-corrected chi connectivity index (χ2v) is 7.08. The number of benzene rings is 1. The van der Waals surface area contributed by atoms with E-state index in [9.17, 15) is 4.79 Å². The Balaban J connectivity index is 1.72. The lowest BCUT2D eigenvalue weighted by Gasteiger charge is -2.46. The Hall–Kier alpha value is -1.07. The number of carbonyl (C=O) groups is 1. The Morgan fingerprint density at radius 1 is 1.33 bits per heavy atom. The summed E-state index contributed by atoms with van der Waals surface area (Å²) in [6.07, 6.45) is 3.57. The van der Waals surface area contributed by atoms with E-state index in [4.69, 9.17) is 5.73 Å². The van der Waals surface area contributed by atoms with Gasteiger partial charge in [0.2, 0.25) is 0 Å². The molecule has 2 aliphatic heterocycles. The maximum atomic E-state index is 12.7. The Labute approximate surface area is 134 Å². The number of nitrogen functional groups attached to an aromatic ring is 1. The quantitative estimate of drug-likeness (QED) is 0.791. The first-order valence-electron chi connectivity index (χ1n) is 7.61. The van der Waals surface area contributed by atoms with Crippen LogP contribution in [-0.4, -0.2) is 48.4 Å². The lowest BCUT2D eigenvalue weighted by atomic mass is 9.84. The number of hydrogen-bond acceptors (Lipinski definition) is 3. The number of halogens is 1. The molecule has 2 unspecified atom stereocenters. The first kappa shape index (κ1) is 14.9. The third-order valence-corrected chi connectivity index (χ3v) is 5.57. The molecule has 0 aromatic heterocycles. The third-order valence-electron chi connectivity index (χ3n) is 4.88. The number of rotatable bonds is 1. The molecule has 1 amide bonds. The molecule has 1 aromatic rings. The monoisotopic (exact) mass is 351 g/mol. The summed E-state index contributed by atoms with van der Waals surface area (Å²) < 4.78 is 0.792. The Bertz CT molecular complexity index is 548. The van der Waals surface area contributed by atoms with Gasteiger partial charge in [0.15, 0.2) is 0 Å². The van der Waals surface area contributed by atoms with Crippen LogP contribution in [-0.2, 0) is 0 Å². The summed E-state index contributed by atoms with van der Waals surface area (Å²) in [6.45, 7) is 2.93. The maximum absolute atomic E-state index is 12.7. The van der Waals surface area contributed by atoms with E-state index in [1.807, 2.05) is 17.0 Å². The van der Waals surface area contributed by atoms with E-state index in [0.717, 1.165) is 29.5 Å². The highest BCUT2D eigenvalue weighted by Crippen LogP contribution is 2.30. The van der Waals surface area contributed by atoms with Gasteiger partial charge < -0.3 is 15.5 Å². The van der Waals surface area contributed by atoms with E-state index in [1.54, 1.807) is 6.07 Å². The van der Waals surface area contributed by atoms with Crippen LogP contribution in [0, 0.1) is 5.92 Å². The fourth-order valence-corrected chi connectivity index (χ4v) is 4.06. The van der Waals surface area contributed by atoms with Crippen LogP contribution < -0.4 is 5.73 Å². The number of piperidine rings is 2. The first-order chi connectivity index (χ1) is 10.1. The zero-order chi connectivity index (χ0) is 15.0. The van der Waals surface area contributed by atoms with Crippen molar-refractivity contribution >= 4 is 27.5 Å². The predicted molar refractivity (Wildman–Crippen MR) is 88.2 cm³/mol. The first-order valence-corrected chi connectivity index (χ1v) is 8.40. The zero-order valence-corrected chi connectivity index (χ0v) is 14.0. The average molecular weight is 352 g/mol. The third kappa shape index (κ3) is 2.94. The van der Waals surface area contributed by atoms with E-state index in [1.165, 1.54) is 19.4 Å². The van der Waals surface area contributed by atoms with Gasteiger partial charge in [-0.1, -0.05) is 0 Å². The van der Waals surface area contributed by atoms with Crippen molar-refractivity contribution in [2.75, 3.05) is 32.4 Å². The molecule has 0 spiro atoms. The summed E-state index contributed by atoms with van der Waals surface area (Å²) in [4.78, 5) is 17.2. The molecule has 2 fully saturated rings. The highest BCUT2D eigenvalue weighted by atomic mass is 79.9. The molecule has 5 heteroatoms. The molecule has 2 atom stereocenters. The van der Waals surface area contributed by atoms with Crippen molar-refractivity contribution in [3.05, 3.63) is 28.2 Å². The minimum Gasteiger partial charge on any atom is -0.398 e. The van der Waals surface area contributed by atoms with E-state index >= 15 is 0 Å². The minimum atomic E-state index is 0.127.